The minimum Gasteiger partial charge on any atom is -0.497 e. The molecule has 1 unspecified atom stereocenters. The minimum absolute atomic E-state index is 0.137. The van der Waals surface area contributed by atoms with E-state index in [1.54, 1.807) is 28.4 Å². The summed E-state index contributed by atoms with van der Waals surface area (Å²) >= 11 is 0. The van der Waals surface area contributed by atoms with Crippen molar-refractivity contribution in [3.8, 4) is 17.2 Å². The largest absolute Gasteiger partial charge is 0.497 e. The Kier molecular flexibility index (Phi) is 10.1. The molecule has 1 N–H and O–H groups in total. The number of rotatable bonds is 12. The van der Waals surface area contributed by atoms with Crippen LogP contribution < -0.4 is 19.5 Å². The van der Waals surface area contributed by atoms with Gasteiger partial charge in [-0.05, 0) is 53.9 Å². The molecule has 1 atom stereocenters. The van der Waals surface area contributed by atoms with Crippen molar-refractivity contribution >= 4 is 17.6 Å². The van der Waals surface area contributed by atoms with Gasteiger partial charge in [-0.1, -0.05) is 13.0 Å². The molecule has 1 aliphatic rings. The highest BCUT2D eigenvalue weighted by Gasteiger charge is 2.35. The van der Waals surface area contributed by atoms with E-state index in [2.05, 4.69) is 5.32 Å². The summed E-state index contributed by atoms with van der Waals surface area (Å²) in [6.07, 6.45) is 1.29. The van der Waals surface area contributed by atoms with Crippen LogP contribution in [0, 0.1) is 0 Å². The molecule has 3 amide bonds. The Labute approximate surface area is 218 Å². The van der Waals surface area contributed by atoms with E-state index >= 15 is 0 Å². The molecule has 10 nitrogen and oxygen atoms in total. The molecule has 1 heterocycles. The molecule has 0 spiro atoms. The van der Waals surface area contributed by atoms with Crippen LogP contribution in [-0.2, 0) is 9.53 Å². The lowest BCUT2D eigenvalue weighted by atomic mass is 9.98. The average Bonchev–Trinajstić information content (AvgIpc) is 3.39. The summed E-state index contributed by atoms with van der Waals surface area (Å²) in [4.78, 5) is 27.8. The number of amides is 3. The van der Waals surface area contributed by atoms with Crippen molar-refractivity contribution in [1.82, 2.24) is 15.2 Å². The number of hydrogen-bond acceptors (Lipinski definition) is 7. The number of methoxy groups -OCH3 is 4. The molecule has 37 heavy (non-hydrogen) atoms. The first-order valence-corrected chi connectivity index (χ1v) is 12.2. The van der Waals surface area contributed by atoms with Gasteiger partial charge in [0.15, 0.2) is 11.5 Å². The fourth-order valence-corrected chi connectivity index (χ4v) is 4.05. The Hall–Kier alpha value is -3.79. The van der Waals surface area contributed by atoms with Crippen LogP contribution >= 0.6 is 0 Å². The molecule has 0 aliphatic carbocycles. The molecular weight excluding hydrogens is 476 g/mol. The fourth-order valence-electron chi connectivity index (χ4n) is 4.05. The highest BCUT2D eigenvalue weighted by molar-refractivity contribution is 6.03. The lowest BCUT2D eigenvalue weighted by Crippen LogP contribution is -2.47. The normalized spacial score (nSPS) is 14.7. The summed E-state index contributed by atoms with van der Waals surface area (Å²) in [6.45, 7) is 2.95. The third kappa shape index (κ3) is 6.91. The summed E-state index contributed by atoms with van der Waals surface area (Å²) in [6, 6.07) is 12.4. The summed E-state index contributed by atoms with van der Waals surface area (Å²) in [5.74, 6) is 1.59. The van der Waals surface area contributed by atoms with E-state index in [1.165, 1.54) is 9.91 Å². The molecule has 0 aromatic heterocycles. The lowest BCUT2D eigenvalue weighted by Gasteiger charge is -2.27. The van der Waals surface area contributed by atoms with Crippen molar-refractivity contribution in [2.75, 3.05) is 54.7 Å². The van der Waals surface area contributed by atoms with Gasteiger partial charge in [-0.3, -0.25) is 4.79 Å². The molecule has 200 valence electrons. The summed E-state index contributed by atoms with van der Waals surface area (Å²) in [5, 5.41) is 9.02. The van der Waals surface area contributed by atoms with Gasteiger partial charge in [0.2, 0.25) is 0 Å². The predicted octanol–water partition coefficient (Wildman–Crippen LogP) is 3.46. The van der Waals surface area contributed by atoms with Crippen LogP contribution in [-0.4, -0.2) is 82.2 Å². The molecule has 0 radical (unpaired) electrons. The van der Waals surface area contributed by atoms with E-state index in [-0.39, 0.29) is 31.1 Å². The highest BCUT2D eigenvalue weighted by atomic mass is 16.5. The van der Waals surface area contributed by atoms with Crippen molar-refractivity contribution in [1.29, 1.82) is 0 Å². The van der Waals surface area contributed by atoms with Gasteiger partial charge >= 0.3 is 6.03 Å². The number of ether oxygens (including phenoxy) is 4. The Morgan fingerprint density at radius 2 is 1.76 bits per heavy atom. The van der Waals surface area contributed by atoms with Gasteiger partial charge in [0.05, 0.1) is 39.7 Å². The average molecular weight is 513 g/mol. The van der Waals surface area contributed by atoms with Crippen molar-refractivity contribution in [2.24, 2.45) is 5.10 Å². The molecule has 1 aliphatic heterocycles. The standard InChI is InChI=1S/C27H36N4O6/c1-6-13-28-27(33)30(14-15-34-2)18-26(32)31-23(20-9-12-24(36-4)25(16-20)37-5)17-22(29-31)19-7-10-21(35-3)11-8-19/h7-12,16,23H,6,13-15,17-18H2,1-5H3,(H,28,33). The number of urea groups is 1. The fraction of sp³-hybridized carbons (Fsp3) is 0.444. The third-order valence-electron chi connectivity index (χ3n) is 6.09. The number of nitrogens with one attached hydrogen (secondary N) is 1. The van der Waals surface area contributed by atoms with Crippen molar-refractivity contribution in [3.05, 3.63) is 53.6 Å². The smallest absolute Gasteiger partial charge is 0.317 e. The van der Waals surface area contributed by atoms with Gasteiger partial charge in [-0.15, -0.1) is 0 Å². The van der Waals surface area contributed by atoms with Gasteiger partial charge in [-0.2, -0.15) is 5.10 Å². The van der Waals surface area contributed by atoms with Gasteiger partial charge < -0.3 is 29.2 Å². The zero-order valence-electron chi connectivity index (χ0n) is 22.2. The zero-order chi connectivity index (χ0) is 26.8. The Bertz CT molecular complexity index is 1090. The Balaban J connectivity index is 1.93. The van der Waals surface area contributed by atoms with Crippen LogP contribution in [0.1, 0.15) is 36.9 Å². The predicted molar refractivity (Wildman–Crippen MR) is 140 cm³/mol. The van der Waals surface area contributed by atoms with Crippen LogP contribution in [0.4, 0.5) is 4.79 Å². The van der Waals surface area contributed by atoms with E-state index in [0.29, 0.717) is 31.1 Å². The molecule has 0 bridgehead atoms. The maximum absolute atomic E-state index is 13.6. The second-order valence-electron chi connectivity index (χ2n) is 8.49. The van der Waals surface area contributed by atoms with E-state index in [9.17, 15) is 9.59 Å². The number of hydrazone groups is 1. The highest BCUT2D eigenvalue weighted by Crippen LogP contribution is 2.37. The number of hydrogen-bond donors (Lipinski definition) is 1. The van der Waals surface area contributed by atoms with Gasteiger partial charge in [0.1, 0.15) is 12.3 Å². The van der Waals surface area contributed by atoms with Gasteiger partial charge in [0, 0.05) is 26.6 Å². The molecule has 10 heteroatoms. The van der Waals surface area contributed by atoms with Gasteiger partial charge in [-0.25, -0.2) is 9.80 Å². The number of carbonyl (C=O) groups is 2. The van der Waals surface area contributed by atoms with Crippen LogP contribution in [0.15, 0.2) is 47.6 Å². The van der Waals surface area contributed by atoms with E-state index in [0.717, 1.165) is 29.0 Å². The Morgan fingerprint density at radius 3 is 2.38 bits per heavy atom. The molecule has 2 aromatic rings. The molecule has 2 aromatic carbocycles. The molecule has 0 saturated carbocycles. The first kappa shape index (κ1) is 27.8. The summed E-state index contributed by atoms with van der Waals surface area (Å²) < 4.78 is 21.3. The topological polar surface area (TPSA) is 102 Å². The van der Waals surface area contributed by atoms with Crippen LogP contribution in [0.25, 0.3) is 0 Å². The molecule has 0 saturated heterocycles. The van der Waals surface area contributed by atoms with Crippen molar-refractivity contribution in [3.63, 3.8) is 0 Å². The van der Waals surface area contributed by atoms with Crippen LogP contribution in [0.3, 0.4) is 0 Å². The van der Waals surface area contributed by atoms with Gasteiger partial charge in [0.25, 0.3) is 5.91 Å². The second-order valence-corrected chi connectivity index (χ2v) is 8.49. The third-order valence-corrected chi connectivity index (χ3v) is 6.09. The first-order chi connectivity index (χ1) is 17.9. The van der Waals surface area contributed by atoms with Crippen molar-refractivity contribution in [2.45, 2.75) is 25.8 Å². The summed E-state index contributed by atoms with van der Waals surface area (Å²) in [5.41, 5.74) is 2.49. The zero-order valence-corrected chi connectivity index (χ0v) is 22.2. The molecule has 0 fully saturated rings. The first-order valence-electron chi connectivity index (χ1n) is 12.2. The maximum atomic E-state index is 13.6. The SMILES string of the molecule is CCCNC(=O)N(CCOC)CC(=O)N1N=C(c2ccc(OC)cc2)CC1c1ccc(OC)c(OC)c1. The number of benzene rings is 2. The lowest BCUT2D eigenvalue weighted by molar-refractivity contribution is -0.133. The van der Waals surface area contributed by atoms with E-state index in [4.69, 9.17) is 24.0 Å². The minimum atomic E-state index is -0.382. The molecule has 3 rings (SSSR count). The monoisotopic (exact) mass is 512 g/mol. The van der Waals surface area contributed by atoms with E-state index < -0.39 is 0 Å². The number of nitrogens with zero attached hydrogens (tertiary/aromatic N) is 3. The summed E-state index contributed by atoms with van der Waals surface area (Å²) in [7, 11) is 6.32. The Morgan fingerprint density at radius 1 is 1.03 bits per heavy atom. The van der Waals surface area contributed by atoms with E-state index in [1.807, 2.05) is 49.4 Å². The number of carbonyl (C=O) groups excluding carboxylic acids is 2. The maximum Gasteiger partial charge on any atom is 0.317 e. The van der Waals surface area contributed by atoms with Crippen LogP contribution in [0.5, 0.6) is 17.2 Å². The van der Waals surface area contributed by atoms with Crippen LogP contribution in [0.2, 0.25) is 0 Å². The second kappa shape index (κ2) is 13.5. The quantitative estimate of drug-likeness (QED) is 0.467. The molecular formula is C27H36N4O6. The van der Waals surface area contributed by atoms with Crippen molar-refractivity contribution < 1.29 is 28.5 Å².